The number of fused-ring (bicyclic) bond motifs is 1. The molecule has 1 N–H and O–H groups in total. The molecule has 5 nitrogen and oxygen atoms in total. The zero-order valence-corrected chi connectivity index (χ0v) is 14.9. The fraction of sp³-hybridized carbons (Fsp3) is 0.167. The molecule has 0 spiro atoms. The third-order valence-electron chi connectivity index (χ3n) is 3.79. The SMILES string of the molecule is Cc1ccc2ncc(C(=O)NC(C)c3cccc(Br)c3)c(=O)n2c1. The van der Waals surface area contributed by atoms with Crippen LogP contribution in [0.3, 0.4) is 0 Å². The highest BCUT2D eigenvalue weighted by atomic mass is 79.9. The van der Waals surface area contributed by atoms with Gasteiger partial charge >= 0.3 is 0 Å². The normalized spacial score (nSPS) is 12.1. The van der Waals surface area contributed by atoms with E-state index in [1.165, 1.54) is 10.6 Å². The Balaban J connectivity index is 1.91. The predicted octanol–water partition coefficient (Wildman–Crippen LogP) is 3.26. The number of pyridine rings is 1. The standard InChI is InChI=1S/C18H16BrN3O2/c1-11-6-7-16-20-9-15(18(24)22(16)10-11)17(23)21-12(2)13-4-3-5-14(19)8-13/h3-10,12H,1-2H3,(H,21,23). The van der Waals surface area contributed by atoms with Crippen molar-refractivity contribution < 1.29 is 4.79 Å². The van der Waals surface area contributed by atoms with Gasteiger partial charge in [-0.05, 0) is 43.2 Å². The molecule has 0 fully saturated rings. The Hall–Kier alpha value is -2.47. The molecule has 0 aliphatic rings. The van der Waals surface area contributed by atoms with Crippen molar-refractivity contribution in [1.82, 2.24) is 14.7 Å². The summed E-state index contributed by atoms with van der Waals surface area (Å²) in [6.07, 6.45) is 3.01. The van der Waals surface area contributed by atoms with E-state index in [1.807, 2.05) is 44.2 Å². The summed E-state index contributed by atoms with van der Waals surface area (Å²) >= 11 is 3.41. The molecule has 0 saturated carbocycles. The third kappa shape index (κ3) is 3.23. The molecule has 1 unspecified atom stereocenters. The maximum Gasteiger partial charge on any atom is 0.270 e. The zero-order valence-electron chi connectivity index (χ0n) is 13.3. The molecule has 0 aliphatic carbocycles. The van der Waals surface area contributed by atoms with Crippen LogP contribution in [0.15, 0.2) is 58.1 Å². The lowest BCUT2D eigenvalue weighted by Gasteiger charge is -2.14. The number of hydrogen-bond acceptors (Lipinski definition) is 3. The Labute approximate surface area is 147 Å². The maximum atomic E-state index is 12.5. The summed E-state index contributed by atoms with van der Waals surface area (Å²) < 4.78 is 2.33. The summed E-state index contributed by atoms with van der Waals surface area (Å²) in [5.41, 5.74) is 2.04. The fourth-order valence-electron chi connectivity index (χ4n) is 2.47. The molecule has 3 rings (SSSR count). The number of nitrogens with one attached hydrogen (secondary N) is 1. The van der Waals surface area contributed by atoms with Crippen molar-refractivity contribution in [3.8, 4) is 0 Å². The summed E-state index contributed by atoms with van der Waals surface area (Å²) in [6, 6.07) is 11.1. The predicted molar refractivity (Wildman–Crippen MR) is 96.2 cm³/mol. The van der Waals surface area contributed by atoms with Crippen molar-refractivity contribution in [1.29, 1.82) is 0 Å². The summed E-state index contributed by atoms with van der Waals surface area (Å²) in [5.74, 6) is -0.434. The van der Waals surface area contributed by atoms with Gasteiger partial charge in [-0.15, -0.1) is 0 Å². The molecule has 6 heteroatoms. The van der Waals surface area contributed by atoms with Crippen LogP contribution in [0.2, 0.25) is 0 Å². The van der Waals surface area contributed by atoms with E-state index >= 15 is 0 Å². The minimum absolute atomic E-state index is 0.0277. The summed E-state index contributed by atoms with van der Waals surface area (Å²) in [7, 11) is 0. The van der Waals surface area contributed by atoms with Gasteiger partial charge in [0.1, 0.15) is 11.2 Å². The van der Waals surface area contributed by atoms with Crippen molar-refractivity contribution in [3.05, 3.63) is 80.3 Å². The van der Waals surface area contributed by atoms with E-state index < -0.39 is 5.91 Å². The number of halogens is 1. The van der Waals surface area contributed by atoms with E-state index in [2.05, 4.69) is 26.2 Å². The van der Waals surface area contributed by atoms with Crippen LogP contribution in [-0.2, 0) is 0 Å². The van der Waals surface area contributed by atoms with Crippen molar-refractivity contribution in [2.24, 2.45) is 0 Å². The third-order valence-corrected chi connectivity index (χ3v) is 4.28. The number of nitrogens with zero attached hydrogens (tertiary/aromatic N) is 2. The van der Waals surface area contributed by atoms with Gasteiger partial charge in [0.2, 0.25) is 0 Å². The topological polar surface area (TPSA) is 63.5 Å². The minimum Gasteiger partial charge on any atom is -0.345 e. The molecular formula is C18H16BrN3O2. The Kier molecular flexibility index (Phi) is 4.49. The average molecular weight is 386 g/mol. The molecule has 0 saturated heterocycles. The molecule has 2 heterocycles. The Morgan fingerprint density at radius 2 is 2.08 bits per heavy atom. The molecule has 2 aromatic heterocycles. The number of hydrogen-bond donors (Lipinski definition) is 1. The monoisotopic (exact) mass is 385 g/mol. The first-order valence-electron chi connectivity index (χ1n) is 7.50. The minimum atomic E-state index is -0.434. The molecule has 24 heavy (non-hydrogen) atoms. The van der Waals surface area contributed by atoms with Crippen LogP contribution in [0.5, 0.6) is 0 Å². The number of amides is 1. The average Bonchev–Trinajstić information content (AvgIpc) is 2.55. The molecular weight excluding hydrogens is 370 g/mol. The number of benzene rings is 1. The summed E-state index contributed by atoms with van der Waals surface area (Å²) in [4.78, 5) is 29.2. The Morgan fingerprint density at radius 1 is 1.29 bits per heavy atom. The van der Waals surface area contributed by atoms with Gasteiger partial charge in [0.15, 0.2) is 0 Å². The number of carbonyl (C=O) groups is 1. The van der Waals surface area contributed by atoms with E-state index in [4.69, 9.17) is 0 Å². The molecule has 122 valence electrons. The Morgan fingerprint density at radius 3 is 2.83 bits per heavy atom. The lowest BCUT2D eigenvalue weighted by molar-refractivity contribution is 0.0938. The van der Waals surface area contributed by atoms with Gasteiger partial charge in [0.05, 0.1) is 6.04 Å². The van der Waals surface area contributed by atoms with E-state index in [-0.39, 0.29) is 17.2 Å². The highest BCUT2D eigenvalue weighted by Gasteiger charge is 2.16. The van der Waals surface area contributed by atoms with Gasteiger partial charge in [-0.1, -0.05) is 34.1 Å². The maximum absolute atomic E-state index is 12.5. The highest BCUT2D eigenvalue weighted by molar-refractivity contribution is 9.10. The quantitative estimate of drug-likeness (QED) is 0.752. The first kappa shape index (κ1) is 16.4. The van der Waals surface area contributed by atoms with Gasteiger partial charge in [0, 0.05) is 16.9 Å². The van der Waals surface area contributed by atoms with E-state index in [1.54, 1.807) is 12.3 Å². The van der Waals surface area contributed by atoms with Crippen LogP contribution >= 0.6 is 15.9 Å². The summed E-state index contributed by atoms with van der Waals surface area (Å²) in [5, 5.41) is 2.85. The van der Waals surface area contributed by atoms with Crippen LogP contribution in [0.4, 0.5) is 0 Å². The van der Waals surface area contributed by atoms with Crippen LogP contribution in [0.1, 0.15) is 34.5 Å². The van der Waals surface area contributed by atoms with Crippen molar-refractivity contribution in [2.75, 3.05) is 0 Å². The molecule has 0 radical (unpaired) electrons. The lowest BCUT2D eigenvalue weighted by Crippen LogP contribution is -2.33. The smallest absolute Gasteiger partial charge is 0.270 e. The van der Waals surface area contributed by atoms with Gasteiger partial charge in [-0.25, -0.2) is 4.98 Å². The second kappa shape index (κ2) is 6.57. The van der Waals surface area contributed by atoms with Crippen molar-refractivity contribution in [3.63, 3.8) is 0 Å². The van der Waals surface area contributed by atoms with E-state index in [0.29, 0.717) is 5.65 Å². The van der Waals surface area contributed by atoms with E-state index in [0.717, 1.165) is 15.6 Å². The van der Waals surface area contributed by atoms with Gasteiger partial charge in [-0.3, -0.25) is 14.0 Å². The van der Waals surface area contributed by atoms with Crippen LogP contribution < -0.4 is 10.9 Å². The molecule has 0 aliphatic heterocycles. The molecule has 1 aromatic carbocycles. The van der Waals surface area contributed by atoms with Gasteiger partial charge < -0.3 is 5.32 Å². The van der Waals surface area contributed by atoms with Crippen molar-refractivity contribution >= 4 is 27.5 Å². The van der Waals surface area contributed by atoms with Crippen LogP contribution in [-0.4, -0.2) is 15.3 Å². The second-order valence-corrected chi connectivity index (χ2v) is 6.58. The first-order valence-corrected chi connectivity index (χ1v) is 8.29. The Bertz CT molecular complexity index is 981. The largest absolute Gasteiger partial charge is 0.345 e. The summed E-state index contributed by atoms with van der Waals surface area (Å²) in [6.45, 7) is 3.75. The molecule has 3 aromatic rings. The lowest BCUT2D eigenvalue weighted by atomic mass is 10.1. The molecule has 1 atom stereocenters. The van der Waals surface area contributed by atoms with Gasteiger partial charge in [0.25, 0.3) is 11.5 Å². The van der Waals surface area contributed by atoms with E-state index in [9.17, 15) is 9.59 Å². The van der Waals surface area contributed by atoms with Crippen molar-refractivity contribution in [2.45, 2.75) is 19.9 Å². The van der Waals surface area contributed by atoms with Crippen LogP contribution in [0, 0.1) is 6.92 Å². The fourth-order valence-corrected chi connectivity index (χ4v) is 2.89. The highest BCUT2D eigenvalue weighted by Crippen LogP contribution is 2.18. The van der Waals surface area contributed by atoms with Gasteiger partial charge in [-0.2, -0.15) is 0 Å². The molecule has 0 bridgehead atoms. The van der Waals surface area contributed by atoms with Crippen LogP contribution in [0.25, 0.3) is 5.65 Å². The zero-order chi connectivity index (χ0) is 17.3. The number of rotatable bonds is 3. The number of aryl methyl sites for hydroxylation is 1. The number of carbonyl (C=O) groups excluding carboxylic acids is 1. The second-order valence-electron chi connectivity index (χ2n) is 5.66. The number of aromatic nitrogens is 2. The molecule has 1 amide bonds. The first-order chi connectivity index (χ1) is 11.5.